The molecule has 0 atom stereocenters. The topological polar surface area (TPSA) is 66.5 Å². The van der Waals surface area contributed by atoms with Gasteiger partial charge in [-0.2, -0.15) is 0 Å². The normalized spacial score (nSPS) is 11.2. The van der Waals surface area contributed by atoms with Crippen LogP contribution in [0.4, 0.5) is 11.4 Å². The van der Waals surface area contributed by atoms with Crippen molar-refractivity contribution < 1.29 is 13.2 Å². The maximum atomic E-state index is 13.4. The van der Waals surface area contributed by atoms with Gasteiger partial charge in [0, 0.05) is 10.7 Å². The molecule has 0 unspecified atom stereocenters. The summed E-state index contributed by atoms with van der Waals surface area (Å²) in [6.07, 6.45) is 0.746. The van der Waals surface area contributed by atoms with Crippen LogP contribution in [0.3, 0.4) is 0 Å². The van der Waals surface area contributed by atoms with E-state index in [0.717, 1.165) is 16.3 Å². The van der Waals surface area contributed by atoms with E-state index in [1.807, 2.05) is 25.1 Å². The van der Waals surface area contributed by atoms with Gasteiger partial charge in [-0.15, -0.1) is 0 Å². The first-order valence-corrected chi connectivity index (χ1v) is 11.4. The smallest absolute Gasteiger partial charge is 0.264 e. The number of hydrogen-bond acceptors (Lipinski definition) is 3. The molecule has 7 heteroatoms. The zero-order chi connectivity index (χ0) is 21.7. The molecule has 3 aromatic rings. The quantitative estimate of drug-likeness (QED) is 0.557. The molecule has 0 radical (unpaired) electrons. The summed E-state index contributed by atoms with van der Waals surface area (Å²) in [5, 5.41) is 3.23. The molecule has 5 nitrogen and oxygen atoms in total. The molecule has 0 aliphatic rings. The molecule has 0 aromatic heterocycles. The van der Waals surface area contributed by atoms with Gasteiger partial charge in [-0.1, -0.05) is 61.0 Å². The zero-order valence-corrected chi connectivity index (χ0v) is 18.4. The van der Waals surface area contributed by atoms with Crippen molar-refractivity contribution >= 4 is 38.9 Å². The molecule has 0 heterocycles. The van der Waals surface area contributed by atoms with Gasteiger partial charge >= 0.3 is 0 Å². The summed E-state index contributed by atoms with van der Waals surface area (Å²) < 4.78 is 27.9. The molecular weight excluding hydrogens is 420 g/mol. The fourth-order valence-electron chi connectivity index (χ4n) is 3.14. The van der Waals surface area contributed by atoms with Gasteiger partial charge in [-0.25, -0.2) is 8.42 Å². The predicted octanol–water partition coefficient (Wildman–Crippen LogP) is 5.04. The Bertz CT molecular complexity index is 1150. The van der Waals surface area contributed by atoms with Crippen LogP contribution in [0.2, 0.25) is 5.02 Å². The third-order valence-corrected chi connectivity index (χ3v) is 6.74. The van der Waals surface area contributed by atoms with Gasteiger partial charge in [0.1, 0.15) is 6.54 Å². The van der Waals surface area contributed by atoms with Crippen LogP contribution >= 0.6 is 11.6 Å². The third-order valence-electron chi connectivity index (χ3n) is 4.73. The Morgan fingerprint density at radius 2 is 1.67 bits per heavy atom. The van der Waals surface area contributed by atoms with Crippen molar-refractivity contribution in [2.75, 3.05) is 16.2 Å². The lowest BCUT2D eigenvalue weighted by Crippen LogP contribution is -2.38. The van der Waals surface area contributed by atoms with E-state index < -0.39 is 15.9 Å². The lowest BCUT2D eigenvalue weighted by atomic mass is 10.1. The van der Waals surface area contributed by atoms with Crippen LogP contribution in [0.15, 0.2) is 77.7 Å². The third kappa shape index (κ3) is 4.83. The molecule has 0 fully saturated rings. The Morgan fingerprint density at radius 3 is 2.37 bits per heavy atom. The lowest BCUT2D eigenvalue weighted by molar-refractivity contribution is -0.114. The first-order valence-electron chi connectivity index (χ1n) is 9.54. The minimum atomic E-state index is -3.98. The number of anilines is 2. The van der Waals surface area contributed by atoms with Crippen LogP contribution in [0.25, 0.3) is 0 Å². The number of carbonyl (C=O) groups is 1. The molecule has 0 spiro atoms. The van der Waals surface area contributed by atoms with E-state index in [1.54, 1.807) is 49.4 Å². The molecule has 156 valence electrons. The highest BCUT2D eigenvalue weighted by Crippen LogP contribution is 2.29. The van der Waals surface area contributed by atoms with Crippen LogP contribution in [0, 0.1) is 6.92 Å². The molecule has 0 saturated heterocycles. The molecular formula is C23H23ClN2O3S. The fourth-order valence-corrected chi connectivity index (χ4v) is 4.81. The zero-order valence-electron chi connectivity index (χ0n) is 16.8. The molecule has 30 heavy (non-hydrogen) atoms. The first-order chi connectivity index (χ1) is 14.3. The fraction of sp³-hybridized carbons (Fsp3) is 0.174. The van der Waals surface area contributed by atoms with E-state index in [0.29, 0.717) is 22.0 Å². The number of hydrogen-bond donors (Lipinski definition) is 1. The van der Waals surface area contributed by atoms with Crippen molar-refractivity contribution in [3.63, 3.8) is 0 Å². The van der Waals surface area contributed by atoms with Gasteiger partial charge in [0.2, 0.25) is 5.91 Å². The second-order valence-electron chi connectivity index (χ2n) is 6.81. The Labute approximate surface area is 182 Å². The summed E-state index contributed by atoms with van der Waals surface area (Å²) in [7, 11) is -3.98. The van der Waals surface area contributed by atoms with E-state index in [-0.39, 0.29) is 11.4 Å². The molecule has 0 aliphatic heterocycles. The average Bonchev–Trinajstić information content (AvgIpc) is 2.75. The maximum absolute atomic E-state index is 13.4. The Balaban J connectivity index is 2.00. The standard InChI is InChI=1S/C23H23ClN2O3S/c1-3-18-9-7-8-12-21(18)25-23(27)16-26(22-15-19(24)14-13-17(22)2)30(28,29)20-10-5-4-6-11-20/h4-15H,3,16H2,1-2H3,(H,25,27). The highest BCUT2D eigenvalue weighted by Gasteiger charge is 2.28. The van der Waals surface area contributed by atoms with Crippen molar-refractivity contribution in [1.29, 1.82) is 0 Å². The molecule has 0 bridgehead atoms. The number of sulfonamides is 1. The molecule has 1 amide bonds. The number of amides is 1. The van der Waals surface area contributed by atoms with Crippen molar-refractivity contribution in [1.82, 2.24) is 0 Å². The van der Waals surface area contributed by atoms with Crippen molar-refractivity contribution in [3.05, 3.63) is 88.9 Å². The second kappa shape index (κ2) is 9.32. The largest absolute Gasteiger partial charge is 0.324 e. The van der Waals surface area contributed by atoms with Gasteiger partial charge in [0.15, 0.2) is 0 Å². The summed E-state index contributed by atoms with van der Waals surface area (Å²) in [5.41, 5.74) is 2.71. The number of carbonyl (C=O) groups excluding carboxylic acids is 1. The van der Waals surface area contributed by atoms with Gasteiger partial charge in [-0.3, -0.25) is 9.10 Å². The second-order valence-corrected chi connectivity index (χ2v) is 9.11. The van der Waals surface area contributed by atoms with Crippen molar-refractivity contribution in [2.45, 2.75) is 25.2 Å². The van der Waals surface area contributed by atoms with Crippen molar-refractivity contribution in [3.8, 4) is 0 Å². The number of nitrogens with one attached hydrogen (secondary N) is 1. The molecule has 0 saturated carbocycles. The molecule has 3 rings (SSSR count). The van der Waals surface area contributed by atoms with Gasteiger partial charge < -0.3 is 5.32 Å². The number of halogens is 1. The van der Waals surface area contributed by atoms with E-state index in [2.05, 4.69) is 5.32 Å². The lowest BCUT2D eigenvalue weighted by Gasteiger charge is -2.26. The van der Waals surface area contributed by atoms with E-state index in [4.69, 9.17) is 11.6 Å². The molecule has 0 aliphatic carbocycles. The summed E-state index contributed by atoms with van der Waals surface area (Å²) in [6, 6.07) is 20.5. The van der Waals surface area contributed by atoms with Crippen LogP contribution in [0.1, 0.15) is 18.1 Å². The Hall–Kier alpha value is -2.83. The Morgan fingerprint density at radius 1 is 1.00 bits per heavy atom. The van der Waals surface area contributed by atoms with Crippen LogP contribution in [0.5, 0.6) is 0 Å². The minimum absolute atomic E-state index is 0.103. The molecule has 3 aromatic carbocycles. The maximum Gasteiger partial charge on any atom is 0.264 e. The number of nitrogens with zero attached hydrogens (tertiary/aromatic N) is 1. The van der Waals surface area contributed by atoms with Crippen LogP contribution < -0.4 is 9.62 Å². The van der Waals surface area contributed by atoms with E-state index in [9.17, 15) is 13.2 Å². The van der Waals surface area contributed by atoms with Gasteiger partial charge in [-0.05, 0) is 54.8 Å². The van der Waals surface area contributed by atoms with Crippen molar-refractivity contribution in [2.24, 2.45) is 0 Å². The summed E-state index contributed by atoms with van der Waals surface area (Å²) in [5.74, 6) is -0.435. The summed E-state index contributed by atoms with van der Waals surface area (Å²) >= 11 is 6.14. The number of rotatable bonds is 7. The monoisotopic (exact) mass is 442 g/mol. The van der Waals surface area contributed by atoms with Crippen LogP contribution in [-0.2, 0) is 21.2 Å². The Kier molecular flexibility index (Phi) is 6.80. The SMILES string of the molecule is CCc1ccccc1NC(=O)CN(c1cc(Cl)ccc1C)S(=O)(=O)c1ccccc1. The van der Waals surface area contributed by atoms with E-state index >= 15 is 0 Å². The highest BCUT2D eigenvalue weighted by molar-refractivity contribution is 7.92. The highest BCUT2D eigenvalue weighted by atomic mass is 35.5. The average molecular weight is 443 g/mol. The minimum Gasteiger partial charge on any atom is -0.324 e. The van der Waals surface area contributed by atoms with Gasteiger partial charge in [0.25, 0.3) is 10.0 Å². The summed E-state index contributed by atoms with van der Waals surface area (Å²) in [4.78, 5) is 13.0. The van der Waals surface area contributed by atoms with Gasteiger partial charge in [0.05, 0.1) is 10.6 Å². The first kappa shape index (κ1) is 21.9. The van der Waals surface area contributed by atoms with E-state index in [1.165, 1.54) is 12.1 Å². The molecule has 1 N–H and O–H groups in total. The number of aryl methyl sites for hydroxylation is 2. The number of para-hydroxylation sites is 1. The summed E-state index contributed by atoms with van der Waals surface area (Å²) in [6.45, 7) is 3.40. The van der Waals surface area contributed by atoms with Crippen LogP contribution in [-0.4, -0.2) is 20.9 Å². The number of benzene rings is 3. The predicted molar refractivity (Wildman–Crippen MR) is 122 cm³/mol.